The molecule has 2 saturated carbocycles. The zero-order valence-electron chi connectivity index (χ0n) is 24.9. The lowest BCUT2D eigenvalue weighted by atomic mass is 9.93. The molecule has 0 radical (unpaired) electrons. The highest BCUT2D eigenvalue weighted by atomic mass is 32.2. The molecule has 0 bridgehead atoms. The largest absolute Gasteiger partial charge is 0.352 e. The lowest BCUT2D eigenvalue weighted by Gasteiger charge is -2.27. The zero-order chi connectivity index (χ0) is 30.1. The van der Waals surface area contributed by atoms with Crippen LogP contribution in [0.25, 0.3) is 0 Å². The Bertz CT molecular complexity index is 1280. The van der Waals surface area contributed by atoms with Gasteiger partial charge in [-0.3, -0.25) is 19.1 Å². The Labute approximate surface area is 248 Å². The maximum Gasteiger partial charge on any atom is 0.259 e. The smallest absolute Gasteiger partial charge is 0.259 e. The SMILES string of the molecule is CCCCC/C=C\[C@@H]1C[C@]1(NC(=O)[C@@H]1CCCN1C(=O)CNc1nc(C(C)(C)C)cs1)C(=O)NS(=O)(=O)C1(C)CC1. The fourth-order valence-electron chi connectivity index (χ4n) is 5.13. The Balaban J connectivity index is 1.41. The summed E-state index contributed by atoms with van der Waals surface area (Å²) in [7, 11) is -3.86. The normalized spacial score (nSPS) is 25.2. The summed E-state index contributed by atoms with van der Waals surface area (Å²) in [6.07, 6.45) is 10.5. The Morgan fingerprint density at radius 1 is 1.22 bits per heavy atom. The van der Waals surface area contributed by atoms with E-state index in [1.165, 1.54) is 11.3 Å². The van der Waals surface area contributed by atoms with Crippen molar-refractivity contribution < 1.29 is 22.8 Å². The number of nitrogens with zero attached hydrogens (tertiary/aromatic N) is 2. The molecule has 12 heteroatoms. The average molecular weight is 608 g/mol. The molecule has 3 aliphatic rings. The molecule has 41 heavy (non-hydrogen) atoms. The summed E-state index contributed by atoms with van der Waals surface area (Å²) >= 11 is 1.44. The highest BCUT2D eigenvalue weighted by Crippen LogP contribution is 2.47. The fraction of sp³-hybridized carbons (Fsp3) is 0.724. The van der Waals surface area contributed by atoms with Crippen LogP contribution in [0, 0.1) is 5.92 Å². The third-order valence-corrected chi connectivity index (χ3v) is 11.4. The lowest BCUT2D eigenvalue weighted by Crippen LogP contribution is -2.57. The fourth-order valence-corrected chi connectivity index (χ4v) is 7.38. The number of thiazole rings is 1. The van der Waals surface area contributed by atoms with Crippen LogP contribution in [0.2, 0.25) is 0 Å². The van der Waals surface area contributed by atoms with Crippen molar-refractivity contribution in [2.24, 2.45) is 5.92 Å². The van der Waals surface area contributed by atoms with Gasteiger partial charge in [-0.15, -0.1) is 11.3 Å². The molecule has 3 atom stereocenters. The van der Waals surface area contributed by atoms with E-state index < -0.39 is 38.2 Å². The van der Waals surface area contributed by atoms with E-state index >= 15 is 0 Å². The molecule has 10 nitrogen and oxygen atoms in total. The van der Waals surface area contributed by atoms with E-state index in [4.69, 9.17) is 0 Å². The number of sulfonamides is 1. The van der Waals surface area contributed by atoms with Gasteiger partial charge >= 0.3 is 0 Å². The van der Waals surface area contributed by atoms with E-state index in [2.05, 4.69) is 48.0 Å². The van der Waals surface area contributed by atoms with Crippen LogP contribution in [-0.4, -0.2) is 65.4 Å². The molecular weight excluding hydrogens is 562 g/mol. The number of unbranched alkanes of at least 4 members (excludes halogenated alkanes) is 3. The van der Waals surface area contributed by atoms with Crippen molar-refractivity contribution in [2.45, 2.75) is 114 Å². The van der Waals surface area contributed by atoms with E-state index in [-0.39, 0.29) is 23.8 Å². The molecule has 1 aliphatic heterocycles. The molecule has 4 rings (SSSR count). The molecule has 3 fully saturated rings. The first kappa shape index (κ1) is 31.5. The molecule has 1 aromatic heterocycles. The van der Waals surface area contributed by atoms with Crippen LogP contribution in [0.5, 0.6) is 0 Å². The van der Waals surface area contributed by atoms with Crippen LogP contribution in [0.3, 0.4) is 0 Å². The van der Waals surface area contributed by atoms with Crippen LogP contribution >= 0.6 is 11.3 Å². The van der Waals surface area contributed by atoms with Crippen LogP contribution in [-0.2, 0) is 29.8 Å². The molecule has 2 aliphatic carbocycles. The van der Waals surface area contributed by atoms with Crippen molar-refractivity contribution in [1.29, 1.82) is 0 Å². The predicted molar refractivity (Wildman–Crippen MR) is 161 cm³/mol. The van der Waals surface area contributed by atoms with Crippen molar-refractivity contribution in [3.8, 4) is 0 Å². The summed E-state index contributed by atoms with van der Waals surface area (Å²) in [5, 5.41) is 8.60. The van der Waals surface area contributed by atoms with Crippen molar-refractivity contribution >= 4 is 44.2 Å². The molecule has 0 spiro atoms. The maximum atomic E-state index is 13.6. The third kappa shape index (κ3) is 7.13. The standard InChI is InChI=1S/C29H45N5O5S2/c1-6-7-8-9-10-12-20-17-29(20,25(37)33-41(38,39)28(5)14-15-28)32-24(36)21-13-11-16-34(21)23(35)18-30-26-31-22(19-40-26)27(2,3)4/h10,12,19-21H,6-9,11,13-18H2,1-5H3,(H,30,31)(H,32,36)(H,33,37)/b12-10-/t20-,21+,29-/m1/s1. The quantitative estimate of drug-likeness (QED) is 0.229. The number of hydrogen-bond acceptors (Lipinski definition) is 8. The molecule has 2 heterocycles. The third-order valence-electron chi connectivity index (χ3n) is 8.48. The maximum absolute atomic E-state index is 13.6. The monoisotopic (exact) mass is 607 g/mol. The molecule has 1 saturated heterocycles. The Morgan fingerprint density at radius 2 is 1.95 bits per heavy atom. The molecule has 3 N–H and O–H groups in total. The Kier molecular flexibility index (Phi) is 9.23. The number of anilines is 1. The van der Waals surface area contributed by atoms with Gasteiger partial charge < -0.3 is 15.5 Å². The number of aromatic nitrogens is 1. The van der Waals surface area contributed by atoms with E-state index in [9.17, 15) is 22.8 Å². The average Bonchev–Trinajstić information content (AvgIpc) is 3.63. The summed E-state index contributed by atoms with van der Waals surface area (Å²) in [5.41, 5.74) is -0.492. The van der Waals surface area contributed by atoms with E-state index in [0.717, 1.165) is 31.4 Å². The van der Waals surface area contributed by atoms with Crippen LogP contribution in [0.1, 0.15) is 98.1 Å². The lowest BCUT2D eigenvalue weighted by molar-refractivity contribution is -0.138. The number of carbonyl (C=O) groups excluding carboxylic acids is 3. The summed E-state index contributed by atoms with van der Waals surface area (Å²) in [5.74, 6) is -1.64. The zero-order valence-corrected chi connectivity index (χ0v) is 26.6. The van der Waals surface area contributed by atoms with Crippen LogP contribution in [0.15, 0.2) is 17.5 Å². The van der Waals surface area contributed by atoms with Gasteiger partial charge in [0.15, 0.2) is 5.13 Å². The molecule has 0 aromatic carbocycles. The highest BCUT2D eigenvalue weighted by molar-refractivity contribution is 7.91. The minimum absolute atomic E-state index is 0.00640. The number of hydrogen-bond donors (Lipinski definition) is 3. The van der Waals surface area contributed by atoms with Crippen molar-refractivity contribution in [1.82, 2.24) is 19.9 Å². The minimum atomic E-state index is -3.86. The first-order valence-electron chi connectivity index (χ1n) is 14.8. The van der Waals surface area contributed by atoms with Gasteiger partial charge in [-0.1, -0.05) is 52.7 Å². The van der Waals surface area contributed by atoms with Crippen molar-refractivity contribution in [3.05, 3.63) is 23.2 Å². The first-order valence-corrected chi connectivity index (χ1v) is 17.1. The summed E-state index contributed by atoms with van der Waals surface area (Å²) < 4.78 is 27.0. The van der Waals surface area contributed by atoms with Gasteiger partial charge in [-0.25, -0.2) is 13.4 Å². The second-order valence-corrected chi connectivity index (χ2v) is 16.0. The summed E-state index contributed by atoms with van der Waals surface area (Å²) in [6.45, 7) is 10.4. The van der Waals surface area contributed by atoms with Gasteiger partial charge in [0.25, 0.3) is 5.91 Å². The topological polar surface area (TPSA) is 138 Å². The first-order chi connectivity index (χ1) is 19.2. The molecule has 3 amide bonds. The minimum Gasteiger partial charge on any atom is -0.352 e. The van der Waals surface area contributed by atoms with E-state index in [1.807, 2.05) is 17.5 Å². The highest BCUT2D eigenvalue weighted by Gasteiger charge is 2.62. The van der Waals surface area contributed by atoms with Gasteiger partial charge in [-0.05, 0) is 51.9 Å². The molecule has 228 valence electrons. The van der Waals surface area contributed by atoms with Gasteiger partial charge in [0, 0.05) is 23.3 Å². The van der Waals surface area contributed by atoms with Gasteiger partial charge in [-0.2, -0.15) is 0 Å². The molecule has 1 aromatic rings. The Hall–Kier alpha value is -2.47. The predicted octanol–water partition coefficient (Wildman–Crippen LogP) is 3.85. The van der Waals surface area contributed by atoms with Gasteiger partial charge in [0.05, 0.1) is 17.0 Å². The Morgan fingerprint density at radius 3 is 2.59 bits per heavy atom. The number of carbonyl (C=O) groups is 3. The number of amides is 3. The number of likely N-dealkylation sites (tertiary alicyclic amines) is 1. The van der Waals surface area contributed by atoms with Crippen LogP contribution < -0.4 is 15.4 Å². The van der Waals surface area contributed by atoms with Gasteiger partial charge in [0.2, 0.25) is 21.8 Å². The second-order valence-electron chi connectivity index (χ2n) is 13.0. The van der Waals surface area contributed by atoms with E-state index in [1.54, 1.807) is 11.8 Å². The number of allylic oxidation sites excluding steroid dienone is 1. The number of rotatable bonds is 13. The summed E-state index contributed by atoms with van der Waals surface area (Å²) in [6, 6.07) is -0.720. The molecule has 0 unspecified atom stereocenters. The number of nitrogens with one attached hydrogen (secondary N) is 3. The van der Waals surface area contributed by atoms with Crippen molar-refractivity contribution in [2.75, 3.05) is 18.4 Å². The van der Waals surface area contributed by atoms with Crippen molar-refractivity contribution in [3.63, 3.8) is 0 Å². The van der Waals surface area contributed by atoms with Gasteiger partial charge in [0.1, 0.15) is 11.6 Å². The molecular formula is C29H45N5O5S2. The van der Waals surface area contributed by atoms with E-state index in [0.29, 0.717) is 43.8 Å². The summed E-state index contributed by atoms with van der Waals surface area (Å²) in [4.78, 5) is 46.2. The van der Waals surface area contributed by atoms with Crippen LogP contribution in [0.4, 0.5) is 5.13 Å². The second kappa shape index (κ2) is 12.0.